The summed E-state index contributed by atoms with van der Waals surface area (Å²) in [5.74, 6) is -0.902. The monoisotopic (exact) mass is 325 g/mol. The second-order valence-electron chi connectivity index (χ2n) is 5.84. The van der Waals surface area contributed by atoms with Crippen LogP contribution in [-0.4, -0.2) is 18.9 Å². The average molecular weight is 325 g/mol. The molecule has 2 aromatic rings. The molecule has 0 aliphatic carbocycles. The molecule has 0 spiro atoms. The number of hydrogen-bond donors (Lipinski definition) is 3. The van der Waals surface area contributed by atoms with Crippen LogP contribution in [0.15, 0.2) is 48.5 Å². The molecular weight excluding hydrogens is 302 g/mol. The Labute approximate surface area is 142 Å². The Kier molecular flexibility index (Phi) is 5.71. The Hall–Kier alpha value is -2.66. The molecule has 5 heteroatoms. The van der Waals surface area contributed by atoms with Crippen molar-refractivity contribution < 1.29 is 9.59 Å². The van der Waals surface area contributed by atoms with Gasteiger partial charge in [-0.1, -0.05) is 48.9 Å². The fourth-order valence-corrected chi connectivity index (χ4v) is 2.46. The number of nitrogens with one attached hydrogen (secondary N) is 2. The summed E-state index contributed by atoms with van der Waals surface area (Å²) in [7, 11) is 1.56. The highest BCUT2D eigenvalue weighted by molar-refractivity contribution is 6.04. The summed E-state index contributed by atoms with van der Waals surface area (Å²) < 4.78 is 0. The molecule has 4 N–H and O–H groups in total. The Bertz CT molecular complexity index is 729. The first-order valence-electron chi connectivity index (χ1n) is 7.88. The van der Waals surface area contributed by atoms with E-state index in [2.05, 4.69) is 10.6 Å². The molecule has 2 rings (SSSR count). The van der Waals surface area contributed by atoms with Crippen molar-refractivity contribution in [3.63, 3.8) is 0 Å². The third-order valence-electron chi connectivity index (χ3n) is 4.04. The number of carbonyl (C=O) groups is 2. The smallest absolute Gasteiger partial charge is 0.253 e. The molecule has 0 aliphatic rings. The summed E-state index contributed by atoms with van der Waals surface area (Å²) in [4.78, 5) is 24.6. The zero-order chi connectivity index (χ0) is 17.7. The zero-order valence-corrected chi connectivity index (χ0v) is 14.2. The highest BCUT2D eigenvalue weighted by Gasteiger charge is 2.23. The van der Waals surface area contributed by atoms with Crippen molar-refractivity contribution in [3.8, 4) is 0 Å². The first kappa shape index (κ1) is 17.7. The fraction of sp³-hybridized carbons (Fsp3) is 0.263. The molecule has 0 radical (unpaired) electrons. The molecule has 0 aromatic heterocycles. The van der Waals surface area contributed by atoms with Crippen LogP contribution < -0.4 is 16.4 Å². The van der Waals surface area contributed by atoms with Crippen LogP contribution in [0.25, 0.3) is 0 Å². The fourth-order valence-electron chi connectivity index (χ4n) is 2.46. The quantitative estimate of drug-likeness (QED) is 0.790. The molecule has 126 valence electrons. The molecule has 2 aromatic carbocycles. The van der Waals surface area contributed by atoms with E-state index in [0.29, 0.717) is 11.3 Å². The summed E-state index contributed by atoms with van der Waals surface area (Å²) >= 11 is 0. The van der Waals surface area contributed by atoms with Crippen LogP contribution >= 0.6 is 0 Å². The van der Waals surface area contributed by atoms with Gasteiger partial charge in [-0.25, -0.2) is 0 Å². The van der Waals surface area contributed by atoms with Crippen molar-refractivity contribution in [3.05, 3.63) is 65.2 Å². The van der Waals surface area contributed by atoms with Gasteiger partial charge in [0, 0.05) is 13.1 Å². The molecule has 0 fully saturated rings. The van der Waals surface area contributed by atoms with Crippen LogP contribution in [0, 0.1) is 12.8 Å². The van der Waals surface area contributed by atoms with Gasteiger partial charge in [0.05, 0.1) is 17.2 Å². The van der Waals surface area contributed by atoms with Gasteiger partial charge in [-0.3, -0.25) is 9.59 Å². The number of carbonyl (C=O) groups excluding carboxylic acids is 2. The molecule has 2 atom stereocenters. The predicted molar refractivity (Wildman–Crippen MR) is 95.7 cm³/mol. The van der Waals surface area contributed by atoms with Crippen molar-refractivity contribution >= 4 is 17.5 Å². The van der Waals surface area contributed by atoms with E-state index in [-0.39, 0.29) is 11.8 Å². The number of nitrogens with two attached hydrogens (primary N) is 1. The first-order valence-corrected chi connectivity index (χ1v) is 7.88. The van der Waals surface area contributed by atoms with E-state index in [1.165, 1.54) is 0 Å². The van der Waals surface area contributed by atoms with E-state index >= 15 is 0 Å². The summed E-state index contributed by atoms with van der Waals surface area (Å²) in [5, 5.41) is 5.41. The molecule has 0 heterocycles. The van der Waals surface area contributed by atoms with E-state index < -0.39 is 12.0 Å². The van der Waals surface area contributed by atoms with Gasteiger partial charge >= 0.3 is 0 Å². The highest BCUT2D eigenvalue weighted by Crippen LogP contribution is 2.23. The molecule has 0 bridgehead atoms. The lowest BCUT2D eigenvalue weighted by molar-refractivity contribution is -0.120. The third kappa shape index (κ3) is 4.00. The van der Waals surface area contributed by atoms with Crippen LogP contribution in [0.3, 0.4) is 0 Å². The SMILES string of the molecule is CNC(=O)c1cc(C)ccc1NC(=O)C(C)C(N)c1ccccc1. The topological polar surface area (TPSA) is 84.2 Å². The van der Waals surface area contributed by atoms with Gasteiger partial charge < -0.3 is 16.4 Å². The van der Waals surface area contributed by atoms with Crippen LogP contribution in [0.2, 0.25) is 0 Å². The standard InChI is InChI=1S/C19H23N3O2/c1-12-9-10-16(15(11-12)19(24)21-3)22-18(23)13(2)17(20)14-7-5-4-6-8-14/h4-11,13,17H,20H2,1-3H3,(H,21,24)(H,22,23). The summed E-state index contributed by atoms with van der Waals surface area (Å²) in [5.41, 5.74) is 8.96. The highest BCUT2D eigenvalue weighted by atomic mass is 16.2. The Balaban J connectivity index is 2.19. The molecule has 2 unspecified atom stereocenters. The van der Waals surface area contributed by atoms with Crippen LogP contribution in [0.1, 0.15) is 34.5 Å². The van der Waals surface area contributed by atoms with Crippen molar-refractivity contribution in [2.75, 3.05) is 12.4 Å². The summed E-state index contributed by atoms with van der Waals surface area (Å²) in [6.07, 6.45) is 0. The Morgan fingerprint density at radius 2 is 1.75 bits per heavy atom. The van der Waals surface area contributed by atoms with Gasteiger partial charge in [0.1, 0.15) is 0 Å². The molecule has 2 amide bonds. The number of amides is 2. The van der Waals surface area contributed by atoms with Crippen molar-refractivity contribution in [1.29, 1.82) is 0 Å². The van der Waals surface area contributed by atoms with Gasteiger partial charge in [-0.05, 0) is 24.6 Å². The molecular formula is C19H23N3O2. The van der Waals surface area contributed by atoms with E-state index in [1.54, 1.807) is 26.1 Å². The lowest BCUT2D eigenvalue weighted by Crippen LogP contribution is -2.31. The van der Waals surface area contributed by atoms with Crippen LogP contribution in [0.4, 0.5) is 5.69 Å². The van der Waals surface area contributed by atoms with E-state index in [1.807, 2.05) is 43.3 Å². The molecule has 0 saturated heterocycles. The molecule has 0 saturated carbocycles. The molecule has 0 aliphatic heterocycles. The molecule has 5 nitrogen and oxygen atoms in total. The normalized spacial score (nSPS) is 13.0. The van der Waals surface area contributed by atoms with Crippen molar-refractivity contribution in [2.45, 2.75) is 19.9 Å². The predicted octanol–water partition coefficient (Wildman–Crippen LogP) is 2.63. The number of rotatable bonds is 5. The summed E-state index contributed by atoms with van der Waals surface area (Å²) in [6.45, 7) is 3.67. The largest absolute Gasteiger partial charge is 0.355 e. The number of hydrogen-bond acceptors (Lipinski definition) is 3. The van der Waals surface area contributed by atoms with E-state index in [0.717, 1.165) is 11.1 Å². The minimum Gasteiger partial charge on any atom is -0.355 e. The van der Waals surface area contributed by atoms with Crippen molar-refractivity contribution in [1.82, 2.24) is 5.32 Å². The van der Waals surface area contributed by atoms with Gasteiger partial charge in [-0.2, -0.15) is 0 Å². The number of aryl methyl sites for hydroxylation is 1. The lowest BCUT2D eigenvalue weighted by atomic mass is 9.94. The van der Waals surface area contributed by atoms with Gasteiger partial charge in [0.2, 0.25) is 5.91 Å². The lowest BCUT2D eigenvalue weighted by Gasteiger charge is -2.20. The van der Waals surface area contributed by atoms with Gasteiger partial charge in [0.25, 0.3) is 5.91 Å². The van der Waals surface area contributed by atoms with Crippen molar-refractivity contribution in [2.24, 2.45) is 11.7 Å². The zero-order valence-electron chi connectivity index (χ0n) is 14.2. The van der Waals surface area contributed by atoms with E-state index in [9.17, 15) is 9.59 Å². The number of anilines is 1. The summed E-state index contributed by atoms with van der Waals surface area (Å²) in [6, 6.07) is 14.4. The van der Waals surface area contributed by atoms with E-state index in [4.69, 9.17) is 5.73 Å². The van der Waals surface area contributed by atoms with Gasteiger partial charge in [-0.15, -0.1) is 0 Å². The van der Waals surface area contributed by atoms with Crippen LogP contribution in [-0.2, 0) is 4.79 Å². The minimum atomic E-state index is -0.439. The maximum Gasteiger partial charge on any atom is 0.253 e. The van der Waals surface area contributed by atoms with Gasteiger partial charge in [0.15, 0.2) is 0 Å². The Morgan fingerprint density at radius 1 is 1.08 bits per heavy atom. The maximum absolute atomic E-state index is 12.6. The minimum absolute atomic E-state index is 0.222. The molecule has 24 heavy (non-hydrogen) atoms. The first-order chi connectivity index (χ1) is 11.4. The van der Waals surface area contributed by atoms with Crippen LogP contribution in [0.5, 0.6) is 0 Å². The Morgan fingerprint density at radius 3 is 2.38 bits per heavy atom. The second-order valence-corrected chi connectivity index (χ2v) is 5.84. The maximum atomic E-state index is 12.6. The third-order valence-corrected chi connectivity index (χ3v) is 4.04. The number of benzene rings is 2. The average Bonchev–Trinajstić information content (AvgIpc) is 2.61. The second kappa shape index (κ2) is 7.75.